The van der Waals surface area contributed by atoms with Gasteiger partial charge in [-0.2, -0.15) is 0 Å². The van der Waals surface area contributed by atoms with E-state index >= 15 is 0 Å². The largest absolute Gasteiger partial charge is 0.379 e. The van der Waals surface area contributed by atoms with E-state index in [0.717, 1.165) is 44.6 Å². The first-order chi connectivity index (χ1) is 22.4. The highest BCUT2D eigenvalue weighted by Gasteiger charge is 2.54. The molecule has 8 bridgehead atoms. The zero-order valence-corrected chi connectivity index (χ0v) is 29.9. The number of fused-ring (bicyclic) bond motifs is 1. The second-order valence-corrected chi connectivity index (χ2v) is 16.8. The Morgan fingerprint density at radius 1 is 0.522 bits per heavy atom. The highest BCUT2D eigenvalue weighted by molar-refractivity contribution is 5.05. The van der Waals surface area contributed by atoms with Crippen LogP contribution in [-0.4, -0.2) is 126 Å². The summed E-state index contributed by atoms with van der Waals surface area (Å²) in [5, 5.41) is 0. The van der Waals surface area contributed by atoms with E-state index < -0.39 is 0 Å². The number of hydrogen-bond donors (Lipinski definition) is 0. The molecular weight excluding hydrogens is 580 g/mol. The Hall–Kier alpha value is -0.320. The zero-order valence-electron chi connectivity index (χ0n) is 29.9. The van der Waals surface area contributed by atoms with E-state index in [2.05, 4.69) is 23.9 Å². The first-order valence-corrected chi connectivity index (χ1v) is 19.2. The molecule has 9 aliphatic rings. The van der Waals surface area contributed by atoms with Crippen LogP contribution in [0.15, 0.2) is 0 Å². The van der Waals surface area contributed by atoms with E-state index in [9.17, 15) is 0 Å². The third-order valence-corrected chi connectivity index (χ3v) is 14.6. The van der Waals surface area contributed by atoms with Crippen LogP contribution in [0, 0.1) is 35.5 Å². The van der Waals surface area contributed by atoms with Gasteiger partial charge in [0.2, 0.25) is 0 Å². The molecule has 9 fully saturated rings. The topological polar surface area (TPSA) is 61.9 Å². The van der Waals surface area contributed by atoms with Crippen molar-refractivity contribution in [1.82, 2.24) is 9.80 Å². The van der Waals surface area contributed by atoms with Gasteiger partial charge in [0.1, 0.15) is 6.10 Å². The van der Waals surface area contributed by atoms with Gasteiger partial charge in [-0.15, -0.1) is 0 Å². The lowest BCUT2D eigenvalue weighted by atomic mass is 9.64. The van der Waals surface area contributed by atoms with Crippen LogP contribution in [0.1, 0.15) is 89.9 Å². The maximum absolute atomic E-state index is 7.52. The molecule has 46 heavy (non-hydrogen) atoms. The van der Waals surface area contributed by atoms with E-state index in [4.69, 9.17) is 28.4 Å². The van der Waals surface area contributed by atoms with Crippen LogP contribution in [0.4, 0.5) is 0 Å². The molecule has 5 saturated heterocycles. The van der Waals surface area contributed by atoms with Crippen molar-refractivity contribution in [2.75, 3.05) is 55.6 Å². The van der Waals surface area contributed by atoms with Gasteiger partial charge in [0.25, 0.3) is 0 Å². The molecule has 264 valence electrons. The molecule has 5 heterocycles. The van der Waals surface area contributed by atoms with Crippen molar-refractivity contribution in [2.24, 2.45) is 35.5 Å². The monoisotopic (exact) mass is 646 g/mol. The van der Waals surface area contributed by atoms with Crippen molar-refractivity contribution in [2.45, 2.75) is 151 Å². The third-order valence-electron chi connectivity index (χ3n) is 14.6. The number of rotatable bonds is 4. The summed E-state index contributed by atoms with van der Waals surface area (Å²) in [6, 6.07) is 1.10. The third kappa shape index (κ3) is 6.74. The molecule has 0 spiro atoms. The highest BCUT2D eigenvalue weighted by atomic mass is 16.6. The molecule has 0 radical (unpaired) electrons. The maximum Gasteiger partial charge on any atom is 0.110 e. The van der Waals surface area contributed by atoms with Crippen molar-refractivity contribution in [3.63, 3.8) is 0 Å². The number of piperidine rings is 2. The maximum atomic E-state index is 7.52. The average molecular weight is 647 g/mol. The number of methoxy groups -OCH3 is 4. The first kappa shape index (κ1) is 34.1. The summed E-state index contributed by atoms with van der Waals surface area (Å²) >= 11 is 0. The van der Waals surface area contributed by atoms with Gasteiger partial charge in [0.15, 0.2) is 0 Å². The van der Waals surface area contributed by atoms with Crippen LogP contribution in [0.3, 0.4) is 0 Å². The summed E-state index contributed by atoms with van der Waals surface area (Å²) in [4.78, 5) is 5.37. The van der Waals surface area contributed by atoms with Gasteiger partial charge in [-0.05, 0) is 147 Å². The Balaban J connectivity index is 1.23. The van der Waals surface area contributed by atoms with Gasteiger partial charge in [-0.25, -0.2) is 0 Å². The van der Waals surface area contributed by atoms with E-state index in [0.29, 0.717) is 47.8 Å². The molecular formula is C38H66N2O6. The summed E-state index contributed by atoms with van der Waals surface area (Å²) in [6.07, 6.45) is 17.8. The first-order valence-electron chi connectivity index (χ1n) is 19.2. The van der Waals surface area contributed by atoms with E-state index in [1.807, 2.05) is 28.4 Å². The molecule has 0 amide bonds. The fourth-order valence-electron chi connectivity index (χ4n) is 12.1. The van der Waals surface area contributed by atoms with Crippen LogP contribution in [0.2, 0.25) is 0 Å². The summed E-state index contributed by atoms with van der Waals surface area (Å²) in [6.45, 7) is 2.34. The van der Waals surface area contributed by atoms with Crippen molar-refractivity contribution in [3.05, 3.63) is 0 Å². The van der Waals surface area contributed by atoms with Crippen LogP contribution >= 0.6 is 0 Å². The quantitative estimate of drug-likeness (QED) is 0.402. The van der Waals surface area contributed by atoms with E-state index in [1.54, 1.807) is 0 Å². The molecule has 0 N–H and O–H groups in total. The van der Waals surface area contributed by atoms with Crippen molar-refractivity contribution in [1.29, 1.82) is 0 Å². The van der Waals surface area contributed by atoms with Crippen LogP contribution < -0.4 is 0 Å². The lowest BCUT2D eigenvalue weighted by molar-refractivity contribution is -0.234. The van der Waals surface area contributed by atoms with Gasteiger partial charge in [0.05, 0.1) is 42.7 Å². The summed E-state index contributed by atoms with van der Waals surface area (Å²) in [7, 11) is 12.3. The fraction of sp³-hybridized carbons (Fsp3) is 1.00. The number of nitrogens with zero attached hydrogens (tertiary/aromatic N) is 2. The molecule has 14 atom stereocenters. The second-order valence-electron chi connectivity index (χ2n) is 16.8. The highest BCUT2D eigenvalue weighted by Crippen LogP contribution is 2.50. The lowest BCUT2D eigenvalue weighted by Crippen LogP contribution is -2.63. The minimum Gasteiger partial charge on any atom is -0.379 e. The Morgan fingerprint density at radius 3 is 1.89 bits per heavy atom. The molecule has 14 unspecified atom stereocenters. The molecule has 4 aliphatic carbocycles. The Bertz CT molecular complexity index is 979. The van der Waals surface area contributed by atoms with Crippen molar-refractivity contribution >= 4 is 0 Å². The standard InChI is InChI=1S/C38H66N2O6/c1-39-15-13-25-20-34-32(42-4)22-28(25)29(39)17-23-7-10-27(11-8-23)45-33-19-24(9-12-31(33)41-3)18-30-36-26(14-16-40(30)2)21-35(43-5)37(44-6)38(36)46-34/h23-38H,7-22H2,1-6H3. The minimum atomic E-state index is -0.0641. The van der Waals surface area contributed by atoms with Gasteiger partial charge in [-0.3, -0.25) is 0 Å². The Morgan fingerprint density at radius 2 is 1.17 bits per heavy atom. The summed E-state index contributed by atoms with van der Waals surface area (Å²) < 4.78 is 39.6. The van der Waals surface area contributed by atoms with Crippen LogP contribution in [0.25, 0.3) is 0 Å². The van der Waals surface area contributed by atoms with Gasteiger partial charge in [0, 0.05) is 46.4 Å². The number of likely N-dealkylation sites (tertiary alicyclic amines) is 2. The van der Waals surface area contributed by atoms with Gasteiger partial charge < -0.3 is 38.2 Å². The molecule has 5 aliphatic heterocycles. The molecule has 0 aromatic carbocycles. The predicted octanol–water partition coefficient (Wildman–Crippen LogP) is 5.41. The van der Waals surface area contributed by atoms with Crippen LogP contribution in [-0.2, 0) is 28.4 Å². The number of ether oxygens (including phenoxy) is 6. The summed E-state index contributed by atoms with van der Waals surface area (Å²) in [5.74, 6) is 3.82. The van der Waals surface area contributed by atoms with Crippen molar-refractivity contribution in [3.8, 4) is 0 Å². The van der Waals surface area contributed by atoms with E-state index in [1.165, 1.54) is 64.3 Å². The molecule has 8 heteroatoms. The van der Waals surface area contributed by atoms with Gasteiger partial charge in [-0.1, -0.05) is 0 Å². The lowest BCUT2D eigenvalue weighted by Gasteiger charge is -2.56. The summed E-state index contributed by atoms with van der Waals surface area (Å²) in [5.41, 5.74) is 0. The predicted molar refractivity (Wildman–Crippen MR) is 179 cm³/mol. The van der Waals surface area contributed by atoms with E-state index in [-0.39, 0.29) is 42.7 Å². The zero-order chi connectivity index (χ0) is 31.9. The fourth-order valence-corrected chi connectivity index (χ4v) is 12.1. The van der Waals surface area contributed by atoms with Crippen LogP contribution in [0.5, 0.6) is 0 Å². The Labute approximate surface area is 279 Å². The Kier molecular flexibility index (Phi) is 11.0. The molecule has 0 aromatic rings. The smallest absolute Gasteiger partial charge is 0.110 e. The minimum absolute atomic E-state index is 0.00278. The van der Waals surface area contributed by atoms with Crippen molar-refractivity contribution < 1.29 is 28.4 Å². The second kappa shape index (κ2) is 14.9. The SMILES string of the molecule is COC1CCC2CC1OC1CCC(CC1)CC1C3CC(OC)C(CC3CCN1C)OC1C(OC)C(OC)CC3CCN(C)C(C2)C31. The average Bonchev–Trinajstić information content (AvgIpc) is 3.07. The molecule has 9 rings (SSSR count). The number of hydrogen-bond acceptors (Lipinski definition) is 8. The van der Waals surface area contributed by atoms with Gasteiger partial charge >= 0.3 is 0 Å². The molecule has 0 aromatic heterocycles. The molecule has 8 nitrogen and oxygen atoms in total. The normalized spacial score (nSPS) is 50.7. The molecule has 4 saturated carbocycles.